The second-order valence-corrected chi connectivity index (χ2v) is 4.12. The second-order valence-electron chi connectivity index (χ2n) is 3.17. The van der Waals surface area contributed by atoms with E-state index >= 15 is 0 Å². The number of aliphatic hydroxyl groups is 1. The number of hydrogen-bond donors (Lipinski definition) is 1. The van der Waals surface area contributed by atoms with Crippen LogP contribution in [0.3, 0.4) is 0 Å². The zero-order valence-corrected chi connectivity index (χ0v) is 7.96. The fourth-order valence-corrected chi connectivity index (χ4v) is 2.17. The molecule has 0 aromatic carbocycles. The van der Waals surface area contributed by atoms with Gasteiger partial charge >= 0.3 is 0 Å². The van der Waals surface area contributed by atoms with Crippen LogP contribution < -0.4 is 0 Å². The van der Waals surface area contributed by atoms with Crippen LogP contribution in [0.1, 0.15) is 16.1 Å². The third kappa shape index (κ3) is 1.73. The molecule has 70 valence electrons. The highest BCUT2D eigenvalue weighted by Gasteiger charge is 2.25. The average Bonchev–Trinajstić information content (AvgIpc) is 2.72. The van der Waals surface area contributed by atoms with Crippen LogP contribution >= 0.6 is 11.3 Å². The number of nitrogens with zero attached hydrogens (tertiary/aromatic N) is 1. The van der Waals surface area contributed by atoms with Crippen molar-refractivity contribution in [2.75, 3.05) is 13.1 Å². The minimum absolute atomic E-state index is 0.0477. The third-order valence-corrected chi connectivity index (χ3v) is 3.04. The zero-order valence-electron chi connectivity index (χ0n) is 7.14. The first kappa shape index (κ1) is 8.72. The molecule has 0 spiro atoms. The molecule has 0 saturated carbocycles. The van der Waals surface area contributed by atoms with Crippen molar-refractivity contribution in [1.29, 1.82) is 0 Å². The van der Waals surface area contributed by atoms with E-state index in [9.17, 15) is 9.90 Å². The first-order valence-corrected chi connectivity index (χ1v) is 5.16. The summed E-state index contributed by atoms with van der Waals surface area (Å²) in [7, 11) is 0. The van der Waals surface area contributed by atoms with E-state index in [4.69, 9.17) is 0 Å². The Morgan fingerprint density at radius 3 is 3.08 bits per heavy atom. The predicted octanol–water partition coefficient (Wildman–Crippen LogP) is 0.955. The molecule has 2 rings (SSSR count). The van der Waals surface area contributed by atoms with Crippen molar-refractivity contribution in [3.05, 3.63) is 22.4 Å². The maximum atomic E-state index is 11.7. The van der Waals surface area contributed by atoms with E-state index in [0.29, 0.717) is 19.5 Å². The molecule has 1 aliphatic heterocycles. The molecule has 1 amide bonds. The molecule has 1 atom stereocenters. The van der Waals surface area contributed by atoms with Crippen LogP contribution in [0.4, 0.5) is 0 Å². The van der Waals surface area contributed by atoms with Gasteiger partial charge in [-0.05, 0) is 17.9 Å². The standard InChI is InChI=1S/C9H11NO2S/c11-7-3-4-10(6-7)9(12)8-2-1-5-13-8/h1-2,5,7,11H,3-4,6H2/t7-/m1/s1. The van der Waals surface area contributed by atoms with Crippen molar-refractivity contribution in [2.45, 2.75) is 12.5 Å². The lowest BCUT2D eigenvalue weighted by atomic mass is 10.3. The lowest BCUT2D eigenvalue weighted by Gasteiger charge is -2.13. The topological polar surface area (TPSA) is 40.5 Å². The van der Waals surface area contributed by atoms with Crippen LogP contribution in [-0.4, -0.2) is 35.1 Å². The molecule has 1 saturated heterocycles. The summed E-state index contributed by atoms with van der Waals surface area (Å²) < 4.78 is 0. The number of rotatable bonds is 1. The highest BCUT2D eigenvalue weighted by Crippen LogP contribution is 2.16. The summed E-state index contributed by atoms with van der Waals surface area (Å²) in [6.45, 7) is 1.16. The summed E-state index contributed by atoms with van der Waals surface area (Å²) in [6, 6.07) is 3.68. The van der Waals surface area contributed by atoms with Crippen LogP contribution in [0.15, 0.2) is 17.5 Å². The van der Waals surface area contributed by atoms with Crippen LogP contribution in [0.5, 0.6) is 0 Å². The van der Waals surface area contributed by atoms with Gasteiger partial charge in [0.1, 0.15) is 0 Å². The Kier molecular flexibility index (Phi) is 2.33. The van der Waals surface area contributed by atoms with E-state index in [0.717, 1.165) is 4.88 Å². The highest BCUT2D eigenvalue weighted by molar-refractivity contribution is 7.12. The second kappa shape index (κ2) is 3.47. The van der Waals surface area contributed by atoms with Gasteiger partial charge in [-0.2, -0.15) is 0 Å². The maximum Gasteiger partial charge on any atom is 0.264 e. The van der Waals surface area contributed by atoms with Crippen molar-refractivity contribution < 1.29 is 9.90 Å². The number of hydrogen-bond acceptors (Lipinski definition) is 3. The van der Waals surface area contributed by atoms with Crippen LogP contribution in [0, 0.1) is 0 Å². The summed E-state index contributed by atoms with van der Waals surface area (Å²) in [5, 5.41) is 11.1. The maximum absolute atomic E-state index is 11.7. The lowest BCUT2D eigenvalue weighted by molar-refractivity contribution is 0.0769. The van der Waals surface area contributed by atoms with Gasteiger partial charge in [-0.3, -0.25) is 4.79 Å². The Labute approximate surface area is 80.6 Å². The normalized spacial score (nSPS) is 22.2. The summed E-state index contributed by atoms with van der Waals surface area (Å²) in [5.41, 5.74) is 0. The van der Waals surface area contributed by atoms with Crippen LogP contribution in [0.2, 0.25) is 0 Å². The largest absolute Gasteiger partial charge is 0.391 e. The van der Waals surface area contributed by atoms with Gasteiger partial charge in [-0.15, -0.1) is 11.3 Å². The molecular weight excluding hydrogens is 186 g/mol. The number of β-amino-alcohol motifs (C(OH)–C–C–N with tert-alkyl or cyclic N) is 1. The van der Waals surface area contributed by atoms with Gasteiger partial charge in [0.15, 0.2) is 0 Å². The Morgan fingerprint density at radius 1 is 1.69 bits per heavy atom. The van der Waals surface area contributed by atoms with E-state index in [1.165, 1.54) is 11.3 Å². The average molecular weight is 197 g/mol. The van der Waals surface area contributed by atoms with Crippen molar-refractivity contribution in [1.82, 2.24) is 4.90 Å². The fraction of sp³-hybridized carbons (Fsp3) is 0.444. The van der Waals surface area contributed by atoms with E-state index in [-0.39, 0.29) is 12.0 Å². The fourth-order valence-electron chi connectivity index (χ4n) is 1.48. The number of carbonyl (C=O) groups is 1. The number of likely N-dealkylation sites (tertiary alicyclic amines) is 1. The summed E-state index contributed by atoms with van der Waals surface area (Å²) in [6.07, 6.45) is 0.376. The quantitative estimate of drug-likeness (QED) is 0.728. The lowest BCUT2D eigenvalue weighted by Crippen LogP contribution is -2.28. The monoisotopic (exact) mass is 197 g/mol. The molecule has 1 aromatic rings. The Morgan fingerprint density at radius 2 is 2.54 bits per heavy atom. The molecule has 0 unspecified atom stereocenters. The molecule has 13 heavy (non-hydrogen) atoms. The van der Waals surface area contributed by atoms with Crippen molar-refractivity contribution in [3.8, 4) is 0 Å². The summed E-state index contributed by atoms with van der Waals surface area (Å²) in [4.78, 5) is 14.1. The predicted molar refractivity (Wildman–Crippen MR) is 50.8 cm³/mol. The molecule has 1 N–H and O–H groups in total. The van der Waals surface area contributed by atoms with Crippen LogP contribution in [-0.2, 0) is 0 Å². The summed E-state index contributed by atoms with van der Waals surface area (Å²) in [5.74, 6) is 0.0477. The smallest absolute Gasteiger partial charge is 0.264 e. The number of amides is 1. The molecule has 0 aliphatic carbocycles. The zero-order chi connectivity index (χ0) is 9.26. The van der Waals surface area contributed by atoms with E-state index < -0.39 is 0 Å². The molecule has 0 bridgehead atoms. The summed E-state index contributed by atoms with van der Waals surface area (Å²) >= 11 is 1.45. The Balaban J connectivity index is 2.06. The van der Waals surface area contributed by atoms with Gasteiger partial charge in [-0.1, -0.05) is 6.07 Å². The minimum Gasteiger partial charge on any atom is -0.391 e. The molecule has 2 heterocycles. The Hall–Kier alpha value is -0.870. The molecule has 0 radical (unpaired) electrons. The third-order valence-electron chi connectivity index (χ3n) is 2.18. The van der Waals surface area contributed by atoms with Crippen molar-refractivity contribution in [3.63, 3.8) is 0 Å². The Bertz CT molecular complexity index is 297. The van der Waals surface area contributed by atoms with E-state index in [2.05, 4.69) is 0 Å². The molecule has 1 fully saturated rings. The van der Waals surface area contributed by atoms with Gasteiger partial charge in [0.25, 0.3) is 5.91 Å². The number of thiophene rings is 1. The van der Waals surface area contributed by atoms with Crippen LogP contribution in [0.25, 0.3) is 0 Å². The van der Waals surface area contributed by atoms with Gasteiger partial charge in [0.2, 0.25) is 0 Å². The first-order chi connectivity index (χ1) is 6.27. The SMILES string of the molecule is O=C(c1cccs1)N1CC[C@@H](O)C1. The molecule has 4 heteroatoms. The van der Waals surface area contributed by atoms with Crippen molar-refractivity contribution in [2.24, 2.45) is 0 Å². The van der Waals surface area contributed by atoms with Gasteiger partial charge in [0.05, 0.1) is 11.0 Å². The molecular formula is C9H11NO2S. The van der Waals surface area contributed by atoms with Gasteiger partial charge in [-0.25, -0.2) is 0 Å². The number of aliphatic hydroxyl groups excluding tert-OH is 1. The van der Waals surface area contributed by atoms with E-state index in [1.807, 2.05) is 17.5 Å². The highest BCUT2D eigenvalue weighted by atomic mass is 32.1. The first-order valence-electron chi connectivity index (χ1n) is 4.28. The molecule has 1 aromatic heterocycles. The molecule has 3 nitrogen and oxygen atoms in total. The van der Waals surface area contributed by atoms with Gasteiger partial charge in [0, 0.05) is 13.1 Å². The minimum atomic E-state index is -0.330. The molecule has 1 aliphatic rings. The van der Waals surface area contributed by atoms with Gasteiger partial charge < -0.3 is 10.0 Å². The van der Waals surface area contributed by atoms with E-state index in [1.54, 1.807) is 4.90 Å². The van der Waals surface area contributed by atoms with Crippen molar-refractivity contribution >= 4 is 17.2 Å². The number of carbonyl (C=O) groups excluding carboxylic acids is 1.